The summed E-state index contributed by atoms with van der Waals surface area (Å²) in [5.41, 5.74) is 0.806. The van der Waals surface area contributed by atoms with E-state index >= 15 is 0 Å². The fourth-order valence-electron chi connectivity index (χ4n) is 3.11. The summed E-state index contributed by atoms with van der Waals surface area (Å²) < 4.78 is 6.21. The fourth-order valence-corrected chi connectivity index (χ4v) is 3.11. The number of aromatic nitrogens is 2. The minimum atomic E-state index is -0.618. The summed E-state index contributed by atoms with van der Waals surface area (Å²) in [7, 11) is 0. The Kier molecular flexibility index (Phi) is 5.25. The topological polar surface area (TPSA) is 71.5 Å². The summed E-state index contributed by atoms with van der Waals surface area (Å²) in [5, 5.41) is 14.2. The van der Waals surface area contributed by atoms with Gasteiger partial charge in [-0.2, -0.15) is 0 Å². The molecule has 1 atom stereocenters. The monoisotopic (exact) mass is 317 g/mol. The third-order valence-corrected chi connectivity index (χ3v) is 4.28. The quantitative estimate of drug-likeness (QED) is 0.909. The molecular formula is C17H23N3O3. The van der Waals surface area contributed by atoms with E-state index in [0.29, 0.717) is 12.4 Å². The van der Waals surface area contributed by atoms with Gasteiger partial charge in [-0.1, -0.05) is 48.3 Å². The summed E-state index contributed by atoms with van der Waals surface area (Å²) in [4.78, 5) is 14.2. The molecule has 1 aliphatic rings. The Labute approximate surface area is 135 Å². The molecule has 1 saturated heterocycles. The highest BCUT2D eigenvalue weighted by Gasteiger charge is 2.19. The molecule has 0 spiro atoms. The molecule has 1 N–H and O–H groups in total. The first-order chi connectivity index (χ1) is 11.2. The number of benzene rings is 1. The normalized spacial score (nSPS) is 17.8. The Morgan fingerprint density at radius 3 is 2.48 bits per heavy atom. The first-order valence-electron chi connectivity index (χ1n) is 8.26. The van der Waals surface area contributed by atoms with Crippen molar-refractivity contribution in [1.82, 2.24) is 14.6 Å². The first kappa shape index (κ1) is 16.0. The van der Waals surface area contributed by atoms with E-state index in [9.17, 15) is 9.90 Å². The van der Waals surface area contributed by atoms with E-state index in [1.165, 1.54) is 30.3 Å². The van der Waals surface area contributed by atoms with E-state index in [0.717, 1.165) is 18.7 Å². The second-order valence-electron chi connectivity index (χ2n) is 6.12. The molecule has 1 aromatic heterocycles. The molecule has 3 rings (SSSR count). The number of β-amino-alcohol motifs (C(OH)–C–C–N with tert-alkyl or cyclic N) is 1. The predicted octanol–water partition coefficient (Wildman–Crippen LogP) is 1.74. The highest BCUT2D eigenvalue weighted by atomic mass is 16.5. The number of aliphatic hydroxyl groups excluding tert-OH is 1. The van der Waals surface area contributed by atoms with E-state index in [2.05, 4.69) is 10.1 Å². The van der Waals surface area contributed by atoms with Gasteiger partial charge >= 0.3 is 5.76 Å². The lowest BCUT2D eigenvalue weighted by Crippen LogP contribution is -2.37. The molecule has 0 amide bonds. The molecule has 23 heavy (non-hydrogen) atoms. The van der Waals surface area contributed by atoms with Crippen LogP contribution in [0.1, 0.15) is 25.7 Å². The number of aliphatic hydroxyl groups is 1. The van der Waals surface area contributed by atoms with Crippen LogP contribution < -0.4 is 5.76 Å². The third-order valence-electron chi connectivity index (χ3n) is 4.28. The van der Waals surface area contributed by atoms with Crippen molar-refractivity contribution in [3.63, 3.8) is 0 Å². The zero-order valence-electron chi connectivity index (χ0n) is 13.2. The van der Waals surface area contributed by atoms with Crippen molar-refractivity contribution >= 4 is 0 Å². The molecule has 1 aromatic carbocycles. The van der Waals surface area contributed by atoms with Crippen LogP contribution in [-0.2, 0) is 6.54 Å². The van der Waals surface area contributed by atoms with Gasteiger partial charge < -0.3 is 10.0 Å². The van der Waals surface area contributed by atoms with Crippen LogP contribution >= 0.6 is 0 Å². The molecule has 1 unspecified atom stereocenters. The van der Waals surface area contributed by atoms with Gasteiger partial charge in [-0.3, -0.25) is 9.09 Å². The van der Waals surface area contributed by atoms with Crippen molar-refractivity contribution in [3.05, 3.63) is 40.9 Å². The van der Waals surface area contributed by atoms with Crippen LogP contribution in [0.25, 0.3) is 11.4 Å². The van der Waals surface area contributed by atoms with Crippen molar-refractivity contribution in [2.75, 3.05) is 19.6 Å². The SMILES string of the molecule is O=c1onc(-c2ccccc2)n1CC(O)CN1CCCCCC1. The number of nitrogens with zero attached hydrogens (tertiary/aromatic N) is 3. The molecule has 0 aliphatic carbocycles. The van der Waals surface area contributed by atoms with Crippen molar-refractivity contribution in [3.8, 4) is 11.4 Å². The van der Waals surface area contributed by atoms with Gasteiger partial charge in [0.25, 0.3) is 0 Å². The molecule has 124 valence electrons. The molecule has 6 nitrogen and oxygen atoms in total. The second kappa shape index (κ2) is 7.57. The number of hydrogen-bond acceptors (Lipinski definition) is 5. The first-order valence-corrected chi connectivity index (χ1v) is 8.26. The second-order valence-corrected chi connectivity index (χ2v) is 6.12. The van der Waals surface area contributed by atoms with Gasteiger partial charge in [-0.05, 0) is 25.9 Å². The molecule has 2 heterocycles. The highest BCUT2D eigenvalue weighted by Crippen LogP contribution is 2.16. The fraction of sp³-hybridized carbons (Fsp3) is 0.529. The molecule has 0 saturated carbocycles. The van der Waals surface area contributed by atoms with Crippen molar-refractivity contribution in [2.45, 2.75) is 38.3 Å². The molecular weight excluding hydrogens is 294 g/mol. The van der Waals surface area contributed by atoms with Gasteiger partial charge in [-0.15, -0.1) is 0 Å². The van der Waals surface area contributed by atoms with Crippen LogP contribution in [0.15, 0.2) is 39.6 Å². The third kappa shape index (κ3) is 4.09. The average Bonchev–Trinajstić information content (AvgIpc) is 2.76. The van der Waals surface area contributed by atoms with Crippen LogP contribution in [0.5, 0.6) is 0 Å². The lowest BCUT2D eigenvalue weighted by atomic mass is 10.2. The summed E-state index contributed by atoms with van der Waals surface area (Å²) in [6.07, 6.45) is 4.25. The van der Waals surface area contributed by atoms with E-state index in [1.807, 2.05) is 30.3 Å². The maximum absolute atomic E-state index is 11.9. The smallest absolute Gasteiger partial charge is 0.390 e. The van der Waals surface area contributed by atoms with E-state index in [1.54, 1.807) is 0 Å². The summed E-state index contributed by atoms with van der Waals surface area (Å²) in [6.45, 7) is 2.80. The Bertz CT molecular complexity index is 657. The Hall–Kier alpha value is -1.92. The number of likely N-dealkylation sites (tertiary alicyclic amines) is 1. The van der Waals surface area contributed by atoms with Gasteiger partial charge in [0, 0.05) is 12.1 Å². The van der Waals surface area contributed by atoms with Crippen LogP contribution in [0.4, 0.5) is 0 Å². The minimum absolute atomic E-state index is 0.197. The van der Waals surface area contributed by atoms with Gasteiger partial charge in [0.15, 0.2) is 5.82 Å². The molecule has 2 aromatic rings. The van der Waals surface area contributed by atoms with Crippen LogP contribution in [0.2, 0.25) is 0 Å². The molecule has 1 aliphatic heterocycles. The Morgan fingerprint density at radius 2 is 1.78 bits per heavy atom. The van der Waals surface area contributed by atoms with E-state index < -0.39 is 11.9 Å². The van der Waals surface area contributed by atoms with Crippen LogP contribution in [0.3, 0.4) is 0 Å². The maximum atomic E-state index is 11.9. The zero-order chi connectivity index (χ0) is 16.1. The van der Waals surface area contributed by atoms with Gasteiger partial charge in [-0.25, -0.2) is 4.79 Å². The zero-order valence-corrected chi connectivity index (χ0v) is 13.2. The number of hydrogen-bond donors (Lipinski definition) is 1. The van der Waals surface area contributed by atoms with Crippen molar-refractivity contribution < 1.29 is 9.63 Å². The molecule has 1 fully saturated rings. The maximum Gasteiger partial charge on any atom is 0.441 e. The van der Waals surface area contributed by atoms with E-state index in [4.69, 9.17) is 4.52 Å². The average molecular weight is 317 g/mol. The molecule has 0 bridgehead atoms. The van der Waals surface area contributed by atoms with Gasteiger partial charge in [0.2, 0.25) is 0 Å². The lowest BCUT2D eigenvalue weighted by Gasteiger charge is -2.23. The van der Waals surface area contributed by atoms with Crippen LogP contribution in [-0.4, -0.2) is 45.5 Å². The number of rotatable bonds is 5. The standard InChI is InChI=1S/C17H23N3O3/c21-15(12-19-10-6-1-2-7-11-19)13-20-16(18-23-17(20)22)14-8-4-3-5-9-14/h3-5,8-9,15,21H,1-2,6-7,10-13H2. The van der Waals surface area contributed by atoms with Crippen molar-refractivity contribution in [1.29, 1.82) is 0 Å². The van der Waals surface area contributed by atoms with Gasteiger partial charge in [0.1, 0.15) is 0 Å². The summed E-state index contributed by atoms with van der Waals surface area (Å²) in [6, 6.07) is 9.41. The Morgan fingerprint density at radius 1 is 1.09 bits per heavy atom. The van der Waals surface area contributed by atoms with Crippen molar-refractivity contribution in [2.24, 2.45) is 0 Å². The van der Waals surface area contributed by atoms with E-state index in [-0.39, 0.29) is 6.54 Å². The van der Waals surface area contributed by atoms with Crippen LogP contribution in [0, 0.1) is 0 Å². The minimum Gasteiger partial charge on any atom is -0.390 e. The summed E-state index contributed by atoms with van der Waals surface area (Å²) >= 11 is 0. The predicted molar refractivity (Wildman–Crippen MR) is 87.1 cm³/mol. The van der Waals surface area contributed by atoms with Gasteiger partial charge in [0.05, 0.1) is 12.6 Å². The largest absolute Gasteiger partial charge is 0.441 e. The molecule has 6 heteroatoms. The Balaban J connectivity index is 1.70. The summed E-state index contributed by atoms with van der Waals surface area (Å²) in [5.74, 6) is -0.0655. The highest BCUT2D eigenvalue weighted by molar-refractivity contribution is 5.54. The molecule has 0 radical (unpaired) electrons. The lowest BCUT2D eigenvalue weighted by molar-refractivity contribution is 0.0981.